The predicted octanol–water partition coefficient (Wildman–Crippen LogP) is 3.32. The number of amides is 2. The van der Waals surface area contributed by atoms with Crippen molar-refractivity contribution >= 4 is 23.2 Å². The number of hydrogen-bond donors (Lipinski definition) is 1. The largest absolute Gasteiger partial charge is 0.459 e. The molecule has 1 aliphatic rings. The highest BCUT2D eigenvalue weighted by Crippen LogP contribution is 2.19. The summed E-state index contributed by atoms with van der Waals surface area (Å²) in [6.07, 6.45) is 3.11. The van der Waals surface area contributed by atoms with Crippen molar-refractivity contribution < 1.29 is 14.0 Å². The molecule has 3 heterocycles. The van der Waals surface area contributed by atoms with Gasteiger partial charge < -0.3 is 19.5 Å². The molecule has 0 bridgehead atoms. The second-order valence-electron chi connectivity index (χ2n) is 6.99. The van der Waals surface area contributed by atoms with Gasteiger partial charge in [-0.1, -0.05) is 12.1 Å². The van der Waals surface area contributed by atoms with E-state index in [0.717, 1.165) is 16.9 Å². The molecule has 4 rings (SSSR count). The van der Waals surface area contributed by atoms with Crippen LogP contribution in [0.2, 0.25) is 0 Å². The molecule has 0 aliphatic carbocycles. The lowest BCUT2D eigenvalue weighted by atomic mass is 10.2. The molecule has 0 spiro atoms. The fourth-order valence-corrected chi connectivity index (χ4v) is 3.35. The van der Waals surface area contributed by atoms with E-state index < -0.39 is 0 Å². The van der Waals surface area contributed by atoms with Gasteiger partial charge >= 0.3 is 0 Å². The third-order valence-corrected chi connectivity index (χ3v) is 4.87. The van der Waals surface area contributed by atoms with Crippen LogP contribution < -0.4 is 5.32 Å². The Hall–Kier alpha value is -3.61. The smallest absolute Gasteiger partial charge is 0.289 e. The maximum absolute atomic E-state index is 12.9. The Morgan fingerprint density at radius 3 is 2.34 bits per heavy atom. The van der Waals surface area contributed by atoms with E-state index in [-0.39, 0.29) is 11.8 Å². The summed E-state index contributed by atoms with van der Waals surface area (Å²) in [6, 6.07) is 15.0. The minimum absolute atomic E-state index is 0.136. The molecule has 1 saturated heterocycles. The van der Waals surface area contributed by atoms with E-state index >= 15 is 0 Å². The number of hydrogen-bond acceptors (Lipinski definition) is 5. The standard InChI is InChI=1S/C22H22N4O3/c1-16-4-2-5-17(14-16)24-18-7-8-23-19(15-18)21(27)25-9-11-26(12-10-25)22(28)20-6-3-13-29-20/h2-8,13-15H,9-12H2,1H3,(H,23,24). The SMILES string of the molecule is Cc1cccc(Nc2ccnc(C(=O)N3CCN(C(=O)c4ccco4)CC3)c2)c1. The van der Waals surface area contributed by atoms with Crippen molar-refractivity contribution in [3.8, 4) is 0 Å². The number of pyridine rings is 1. The molecule has 0 atom stereocenters. The van der Waals surface area contributed by atoms with Crippen LogP contribution in [-0.2, 0) is 0 Å². The molecule has 0 unspecified atom stereocenters. The lowest BCUT2D eigenvalue weighted by Crippen LogP contribution is -2.50. The summed E-state index contributed by atoms with van der Waals surface area (Å²) < 4.78 is 5.17. The lowest BCUT2D eigenvalue weighted by Gasteiger charge is -2.34. The van der Waals surface area contributed by atoms with Gasteiger partial charge in [0, 0.05) is 43.8 Å². The van der Waals surface area contributed by atoms with E-state index in [2.05, 4.69) is 10.3 Å². The minimum Gasteiger partial charge on any atom is -0.459 e. The fourth-order valence-electron chi connectivity index (χ4n) is 3.35. The molecule has 3 aromatic rings. The summed E-state index contributed by atoms with van der Waals surface area (Å²) in [5.41, 5.74) is 3.30. The van der Waals surface area contributed by atoms with E-state index in [1.54, 1.807) is 34.2 Å². The Kier molecular flexibility index (Phi) is 5.29. The summed E-state index contributed by atoms with van der Waals surface area (Å²) in [7, 11) is 0. The van der Waals surface area contributed by atoms with Gasteiger partial charge in [0.1, 0.15) is 5.69 Å². The average Bonchev–Trinajstić information content (AvgIpc) is 3.28. The van der Waals surface area contributed by atoms with Crippen LogP contribution in [0.1, 0.15) is 26.6 Å². The first-order valence-corrected chi connectivity index (χ1v) is 9.52. The van der Waals surface area contributed by atoms with E-state index in [9.17, 15) is 9.59 Å². The Bertz CT molecular complexity index is 1010. The first kappa shape index (κ1) is 18.7. The third-order valence-electron chi connectivity index (χ3n) is 4.87. The number of furan rings is 1. The van der Waals surface area contributed by atoms with E-state index in [4.69, 9.17) is 4.42 Å². The van der Waals surface area contributed by atoms with Crippen LogP contribution in [0.25, 0.3) is 0 Å². The second kappa shape index (κ2) is 8.18. The predicted molar refractivity (Wildman–Crippen MR) is 109 cm³/mol. The van der Waals surface area contributed by atoms with Gasteiger partial charge in [0.05, 0.1) is 6.26 Å². The topological polar surface area (TPSA) is 78.7 Å². The van der Waals surface area contributed by atoms with Crippen LogP contribution >= 0.6 is 0 Å². The van der Waals surface area contributed by atoms with Gasteiger partial charge in [-0.2, -0.15) is 0 Å². The molecular weight excluding hydrogens is 368 g/mol. The first-order chi connectivity index (χ1) is 14.1. The first-order valence-electron chi connectivity index (χ1n) is 9.52. The molecule has 1 aromatic carbocycles. The number of anilines is 2. The van der Waals surface area contributed by atoms with Crippen molar-refractivity contribution in [3.63, 3.8) is 0 Å². The molecule has 1 N–H and O–H groups in total. The zero-order chi connectivity index (χ0) is 20.2. The molecule has 2 aromatic heterocycles. The number of benzene rings is 1. The van der Waals surface area contributed by atoms with Crippen molar-refractivity contribution in [1.29, 1.82) is 0 Å². The Morgan fingerprint density at radius 2 is 1.66 bits per heavy atom. The third kappa shape index (κ3) is 4.29. The van der Waals surface area contributed by atoms with Gasteiger partial charge in [0.25, 0.3) is 11.8 Å². The maximum Gasteiger partial charge on any atom is 0.289 e. The number of nitrogens with one attached hydrogen (secondary N) is 1. The van der Waals surface area contributed by atoms with Crippen molar-refractivity contribution in [3.05, 3.63) is 78.0 Å². The fraction of sp³-hybridized carbons (Fsp3) is 0.227. The zero-order valence-electron chi connectivity index (χ0n) is 16.2. The average molecular weight is 390 g/mol. The molecule has 1 aliphatic heterocycles. The molecule has 7 nitrogen and oxygen atoms in total. The molecule has 2 amide bonds. The molecule has 0 radical (unpaired) electrons. The number of rotatable bonds is 4. The van der Waals surface area contributed by atoms with Crippen molar-refractivity contribution in [1.82, 2.24) is 14.8 Å². The summed E-state index contributed by atoms with van der Waals surface area (Å²) in [5, 5.41) is 3.31. The Morgan fingerprint density at radius 1 is 0.931 bits per heavy atom. The van der Waals surface area contributed by atoms with Gasteiger partial charge in [-0.05, 0) is 48.9 Å². The number of aromatic nitrogens is 1. The Labute approximate surface area is 169 Å². The van der Waals surface area contributed by atoms with Gasteiger partial charge in [0.15, 0.2) is 5.76 Å². The summed E-state index contributed by atoms with van der Waals surface area (Å²) in [5.74, 6) is 0.0360. The molecule has 7 heteroatoms. The van der Waals surface area contributed by atoms with Crippen LogP contribution in [-0.4, -0.2) is 52.8 Å². The van der Waals surface area contributed by atoms with Crippen LogP contribution in [0.15, 0.2) is 65.4 Å². The number of carbonyl (C=O) groups excluding carboxylic acids is 2. The highest BCUT2D eigenvalue weighted by atomic mass is 16.3. The van der Waals surface area contributed by atoms with E-state index in [1.807, 2.05) is 37.3 Å². The van der Waals surface area contributed by atoms with Crippen LogP contribution in [0, 0.1) is 6.92 Å². The molecule has 1 fully saturated rings. The van der Waals surface area contributed by atoms with Crippen molar-refractivity contribution in [2.45, 2.75) is 6.92 Å². The highest BCUT2D eigenvalue weighted by molar-refractivity contribution is 5.94. The quantitative estimate of drug-likeness (QED) is 0.739. The minimum atomic E-state index is -0.149. The zero-order valence-corrected chi connectivity index (χ0v) is 16.2. The Balaban J connectivity index is 1.39. The van der Waals surface area contributed by atoms with Crippen LogP contribution in [0.5, 0.6) is 0 Å². The van der Waals surface area contributed by atoms with Crippen molar-refractivity contribution in [2.24, 2.45) is 0 Å². The van der Waals surface area contributed by atoms with E-state index in [0.29, 0.717) is 37.6 Å². The number of piperazine rings is 1. The number of aryl methyl sites for hydroxylation is 1. The highest BCUT2D eigenvalue weighted by Gasteiger charge is 2.27. The maximum atomic E-state index is 12.9. The summed E-state index contributed by atoms with van der Waals surface area (Å²) in [6.45, 7) is 3.88. The molecular formula is C22H22N4O3. The number of nitrogens with zero attached hydrogens (tertiary/aromatic N) is 3. The van der Waals surface area contributed by atoms with E-state index in [1.165, 1.54) is 6.26 Å². The monoisotopic (exact) mass is 390 g/mol. The van der Waals surface area contributed by atoms with Gasteiger partial charge in [0.2, 0.25) is 0 Å². The molecule has 148 valence electrons. The van der Waals surface area contributed by atoms with Gasteiger partial charge in [-0.15, -0.1) is 0 Å². The second-order valence-corrected chi connectivity index (χ2v) is 6.99. The van der Waals surface area contributed by atoms with Gasteiger partial charge in [-0.25, -0.2) is 0 Å². The summed E-state index contributed by atoms with van der Waals surface area (Å²) in [4.78, 5) is 32.9. The number of carbonyl (C=O) groups is 2. The summed E-state index contributed by atoms with van der Waals surface area (Å²) >= 11 is 0. The van der Waals surface area contributed by atoms with Crippen LogP contribution in [0.4, 0.5) is 11.4 Å². The van der Waals surface area contributed by atoms with Gasteiger partial charge in [-0.3, -0.25) is 14.6 Å². The normalized spacial score (nSPS) is 14.0. The van der Waals surface area contributed by atoms with Crippen molar-refractivity contribution in [2.75, 3.05) is 31.5 Å². The van der Waals surface area contributed by atoms with Crippen LogP contribution in [0.3, 0.4) is 0 Å². The molecule has 0 saturated carbocycles. The lowest BCUT2D eigenvalue weighted by molar-refractivity contribution is 0.0515. The molecule has 29 heavy (non-hydrogen) atoms.